The minimum absolute atomic E-state index is 0. The average Bonchev–Trinajstić information content (AvgIpc) is 2.57. The van der Waals surface area contributed by atoms with E-state index in [1.807, 2.05) is 0 Å². The van der Waals surface area contributed by atoms with Crippen molar-refractivity contribution < 1.29 is 47.6 Å². The fraction of sp³-hybridized carbons (Fsp3) is 1.00. The predicted molar refractivity (Wildman–Crippen MR) is 109 cm³/mol. The van der Waals surface area contributed by atoms with E-state index >= 15 is 0 Å². The first kappa shape index (κ1) is 30.1. The maximum absolute atomic E-state index is 11.5. The van der Waals surface area contributed by atoms with E-state index in [4.69, 9.17) is 0 Å². The standard InChI is InChI=1S/C21H44O4S.Na/c1-3-5-6-7-8-9-10-14-18-21(26(23,24)25)19-15-12-11-13-17-20(22)16-4-2;/h20-22H,3-19H2,1-2H3,(H,23,24,25);/q;+1/p-1. The Kier molecular flexibility index (Phi) is 22.4. The number of hydrogen-bond acceptors (Lipinski definition) is 4. The Morgan fingerprint density at radius 1 is 0.667 bits per heavy atom. The van der Waals surface area contributed by atoms with Crippen molar-refractivity contribution in [1.82, 2.24) is 0 Å². The van der Waals surface area contributed by atoms with Gasteiger partial charge < -0.3 is 9.66 Å². The third kappa shape index (κ3) is 19.9. The molecule has 1 N–H and O–H groups in total. The molecule has 0 aliphatic rings. The summed E-state index contributed by atoms with van der Waals surface area (Å²) in [6.07, 6.45) is 16.6. The summed E-state index contributed by atoms with van der Waals surface area (Å²) in [5.41, 5.74) is 0. The molecular weight excluding hydrogens is 371 g/mol. The molecule has 0 aliphatic carbocycles. The van der Waals surface area contributed by atoms with Gasteiger partial charge in [-0.2, -0.15) is 0 Å². The van der Waals surface area contributed by atoms with Crippen LogP contribution in [0.15, 0.2) is 0 Å². The summed E-state index contributed by atoms with van der Waals surface area (Å²) in [6, 6.07) is 0. The van der Waals surface area contributed by atoms with Crippen LogP contribution in [-0.2, 0) is 10.1 Å². The quantitative estimate of drug-likeness (QED) is 0.200. The van der Waals surface area contributed by atoms with Gasteiger partial charge in [-0.05, 0) is 25.7 Å². The first-order valence-corrected chi connectivity index (χ1v) is 12.5. The predicted octanol–water partition coefficient (Wildman–Crippen LogP) is 2.94. The summed E-state index contributed by atoms with van der Waals surface area (Å²) >= 11 is 0. The minimum Gasteiger partial charge on any atom is -0.748 e. The van der Waals surface area contributed by atoms with Gasteiger partial charge >= 0.3 is 29.6 Å². The third-order valence-corrected chi connectivity index (χ3v) is 6.51. The second kappa shape index (κ2) is 20.2. The van der Waals surface area contributed by atoms with E-state index in [1.54, 1.807) is 0 Å². The molecule has 27 heavy (non-hydrogen) atoms. The van der Waals surface area contributed by atoms with Gasteiger partial charge in [-0.25, -0.2) is 8.42 Å². The summed E-state index contributed by atoms with van der Waals surface area (Å²) < 4.78 is 34.4. The van der Waals surface area contributed by atoms with E-state index in [2.05, 4.69) is 13.8 Å². The molecule has 2 unspecified atom stereocenters. The fourth-order valence-electron chi connectivity index (χ4n) is 3.52. The molecule has 0 aromatic rings. The van der Waals surface area contributed by atoms with Crippen LogP contribution in [-0.4, -0.2) is 29.4 Å². The van der Waals surface area contributed by atoms with Gasteiger partial charge in [0.2, 0.25) is 0 Å². The number of rotatable bonds is 19. The molecule has 0 rings (SSSR count). The fourth-order valence-corrected chi connectivity index (χ4v) is 4.43. The molecule has 0 fully saturated rings. The molecule has 6 heteroatoms. The Bertz CT molecular complexity index is 401. The zero-order valence-corrected chi connectivity index (χ0v) is 21.1. The Balaban J connectivity index is 0. The summed E-state index contributed by atoms with van der Waals surface area (Å²) in [5, 5.41) is 8.98. The van der Waals surface area contributed by atoms with Gasteiger partial charge in [-0.15, -0.1) is 0 Å². The van der Waals surface area contributed by atoms with Crippen LogP contribution in [0, 0.1) is 0 Å². The van der Waals surface area contributed by atoms with Crippen LogP contribution in [0.1, 0.15) is 123 Å². The summed E-state index contributed by atoms with van der Waals surface area (Å²) in [5.74, 6) is 0. The van der Waals surface area contributed by atoms with Gasteiger partial charge in [-0.3, -0.25) is 0 Å². The Morgan fingerprint density at radius 2 is 1.07 bits per heavy atom. The van der Waals surface area contributed by atoms with Crippen molar-refractivity contribution in [1.29, 1.82) is 0 Å². The number of aliphatic hydroxyl groups is 1. The van der Waals surface area contributed by atoms with Gasteiger partial charge in [0.1, 0.15) is 0 Å². The molecule has 0 radical (unpaired) electrons. The second-order valence-corrected chi connectivity index (χ2v) is 9.46. The maximum Gasteiger partial charge on any atom is 1.00 e. The minimum atomic E-state index is -4.17. The number of aliphatic hydroxyl groups excluding tert-OH is 1. The summed E-state index contributed by atoms with van der Waals surface area (Å²) in [4.78, 5) is 0. The molecule has 2 atom stereocenters. The smallest absolute Gasteiger partial charge is 0.748 e. The molecule has 0 saturated carbocycles. The normalized spacial score (nSPS) is 13.9. The van der Waals surface area contributed by atoms with Crippen LogP contribution in [0.2, 0.25) is 0 Å². The molecule has 0 amide bonds. The van der Waals surface area contributed by atoms with E-state index in [0.29, 0.717) is 12.8 Å². The van der Waals surface area contributed by atoms with Gasteiger partial charge in [0.25, 0.3) is 0 Å². The Labute approximate surface area is 191 Å². The van der Waals surface area contributed by atoms with Gasteiger partial charge in [0.15, 0.2) is 0 Å². The summed E-state index contributed by atoms with van der Waals surface area (Å²) in [7, 11) is -4.17. The van der Waals surface area contributed by atoms with E-state index in [-0.39, 0.29) is 35.7 Å². The SMILES string of the molecule is CCCCCCCCCCC(CCCCCCC(O)CCC)S(=O)(=O)[O-].[Na+]. The van der Waals surface area contributed by atoms with Crippen molar-refractivity contribution in [2.24, 2.45) is 0 Å². The first-order chi connectivity index (χ1) is 12.4. The van der Waals surface area contributed by atoms with Crippen molar-refractivity contribution in [3.05, 3.63) is 0 Å². The van der Waals surface area contributed by atoms with Gasteiger partial charge in [-0.1, -0.05) is 97.3 Å². The molecule has 158 valence electrons. The summed E-state index contributed by atoms with van der Waals surface area (Å²) in [6.45, 7) is 4.28. The van der Waals surface area contributed by atoms with Gasteiger partial charge in [0.05, 0.1) is 16.2 Å². The monoisotopic (exact) mass is 414 g/mol. The third-order valence-electron chi connectivity index (χ3n) is 5.22. The van der Waals surface area contributed by atoms with Crippen LogP contribution < -0.4 is 29.6 Å². The molecular formula is C21H43NaO4S. The zero-order valence-electron chi connectivity index (χ0n) is 18.3. The maximum atomic E-state index is 11.5. The van der Waals surface area contributed by atoms with Gasteiger partial charge in [0, 0.05) is 5.25 Å². The van der Waals surface area contributed by atoms with Crippen LogP contribution in [0.3, 0.4) is 0 Å². The van der Waals surface area contributed by atoms with Crippen molar-refractivity contribution >= 4 is 10.1 Å². The van der Waals surface area contributed by atoms with Crippen molar-refractivity contribution in [2.45, 2.75) is 134 Å². The number of hydrogen-bond donors (Lipinski definition) is 1. The van der Waals surface area contributed by atoms with Crippen molar-refractivity contribution in [3.8, 4) is 0 Å². The van der Waals surface area contributed by atoms with E-state index in [1.165, 1.54) is 32.1 Å². The van der Waals surface area contributed by atoms with Crippen LogP contribution >= 0.6 is 0 Å². The molecule has 0 aliphatic heterocycles. The zero-order chi connectivity index (χ0) is 19.7. The molecule has 0 saturated heterocycles. The van der Waals surface area contributed by atoms with Crippen molar-refractivity contribution in [2.75, 3.05) is 0 Å². The van der Waals surface area contributed by atoms with Crippen molar-refractivity contribution in [3.63, 3.8) is 0 Å². The van der Waals surface area contributed by atoms with E-state index in [0.717, 1.165) is 64.2 Å². The molecule has 0 bridgehead atoms. The second-order valence-electron chi connectivity index (χ2n) is 7.81. The number of unbranched alkanes of at least 4 members (excludes halogenated alkanes) is 10. The molecule has 4 nitrogen and oxygen atoms in total. The topological polar surface area (TPSA) is 77.4 Å². The average molecular weight is 415 g/mol. The Hall–Kier alpha value is 0.870. The van der Waals surface area contributed by atoms with E-state index in [9.17, 15) is 18.1 Å². The first-order valence-electron chi connectivity index (χ1n) is 11.0. The van der Waals surface area contributed by atoms with Crippen LogP contribution in [0.4, 0.5) is 0 Å². The molecule has 0 aromatic carbocycles. The van der Waals surface area contributed by atoms with Crippen LogP contribution in [0.5, 0.6) is 0 Å². The molecule has 0 heterocycles. The molecule has 0 spiro atoms. The molecule has 0 aromatic heterocycles. The largest absolute Gasteiger partial charge is 1.00 e. The van der Waals surface area contributed by atoms with Crippen LogP contribution in [0.25, 0.3) is 0 Å². The van der Waals surface area contributed by atoms with E-state index < -0.39 is 15.4 Å². The Morgan fingerprint density at radius 3 is 1.48 bits per heavy atom.